The summed E-state index contributed by atoms with van der Waals surface area (Å²) in [5, 5.41) is 2.57. The van der Waals surface area contributed by atoms with Gasteiger partial charge in [-0.1, -0.05) is 49.0 Å². The van der Waals surface area contributed by atoms with E-state index in [1.165, 1.54) is 9.79 Å². The lowest BCUT2D eigenvalue weighted by Crippen LogP contribution is -2.30. The highest BCUT2D eigenvalue weighted by molar-refractivity contribution is 7.97. The lowest BCUT2D eigenvalue weighted by atomic mass is 10.3. The number of benzene rings is 3. The van der Waals surface area contributed by atoms with Crippen molar-refractivity contribution in [2.45, 2.75) is 21.6 Å². The molecule has 3 aromatic carbocycles. The van der Waals surface area contributed by atoms with Crippen LogP contribution in [0.25, 0.3) is 0 Å². The second-order valence-corrected chi connectivity index (χ2v) is 8.67. The molecule has 0 heterocycles. The van der Waals surface area contributed by atoms with Gasteiger partial charge in [0.15, 0.2) is 14.7 Å². The highest BCUT2D eigenvalue weighted by Crippen LogP contribution is 2.32. The van der Waals surface area contributed by atoms with Crippen LogP contribution in [0.15, 0.2) is 112 Å². The molecule has 0 atom stereocenters. The van der Waals surface area contributed by atoms with Gasteiger partial charge in [0.25, 0.3) is 0 Å². The van der Waals surface area contributed by atoms with Gasteiger partial charge in [-0.2, -0.15) is 0 Å². The predicted molar refractivity (Wildman–Crippen MR) is 121 cm³/mol. The van der Waals surface area contributed by atoms with E-state index in [2.05, 4.69) is 36.2 Å². The smallest absolute Gasteiger partial charge is 0.412 e. The average molecular weight is 435 g/mol. The molecule has 3 aromatic rings. The summed E-state index contributed by atoms with van der Waals surface area (Å²) >= 11 is 0. The molecular formula is C25H24NO4S+. The highest BCUT2D eigenvalue weighted by Gasteiger charge is 2.28. The first-order valence-electron chi connectivity index (χ1n) is 9.77. The molecule has 0 aliphatic carbocycles. The van der Waals surface area contributed by atoms with Crippen molar-refractivity contribution in [3.8, 4) is 5.75 Å². The minimum absolute atomic E-state index is 0.0479. The molecule has 0 aliphatic rings. The zero-order chi connectivity index (χ0) is 22.1. The number of nitrogens with one attached hydrogen (secondary N) is 1. The van der Waals surface area contributed by atoms with Crippen LogP contribution in [0.1, 0.15) is 6.92 Å². The van der Waals surface area contributed by atoms with Crippen LogP contribution >= 0.6 is 0 Å². The summed E-state index contributed by atoms with van der Waals surface area (Å²) in [5.74, 6) is -0.0463. The standard InChI is InChI=1S/C25H23NO4S/c1-19(2)24(27)29-17-16-26-25(28)30-20-10-9-15-23(18-20)31(21-11-5-3-6-12-21)22-13-7-4-8-14-22/h3-15,18H,1,16-17H2,2H3/p+1. The molecular weight excluding hydrogens is 410 g/mol. The van der Waals surface area contributed by atoms with Crippen molar-refractivity contribution >= 4 is 23.0 Å². The number of carbonyl (C=O) groups excluding carboxylic acids is 2. The van der Waals surface area contributed by atoms with Crippen LogP contribution in [0.2, 0.25) is 0 Å². The minimum Gasteiger partial charge on any atom is -0.460 e. The van der Waals surface area contributed by atoms with E-state index in [-0.39, 0.29) is 24.0 Å². The molecule has 0 fully saturated rings. The van der Waals surface area contributed by atoms with Gasteiger partial charge in [0, 0.05) is 11.6 Å². The van der Waals surface area contributed by atoms with E-state index in [0.717, 1.165) is 4.90 Å². The van der Waals surface area contributed by atoms with Gasteiger partial charge in [0.05, 0.1) is 17.4 Å². The molecule has 0 radical (unpaired) electrons. The maximum Gasteiger partial charge on any atom is 0.412 e. The zero-order valence-electron chi connectivity index (χ0n) is 17.2. The number of amides is 1. The second-order valence-electron chi connectivity index (χ2n) is 6.64. The van der Waals surface area contributed by atoms with Gasteiger partial charge in [-0.15, -0.1) is 0 Å². The van der Waals surface area contributed by atoms with Crippen molar-refractivity contribution in [3.63, 3.8) is 0 Å². The SMILES string of the molecule is C=C(C)C(=O)OCCNC(=O)Oc1cccc([S+](c2ccccc2)c2ccccc2)c1. The van der Waals surface area contributed by atoms with Crippen molar-refractivity contribution in [2.75, 3.05) is 13.2 Å². The van der Waals surface area contributed by atoms with E-state index < -0.39 is 12.1 Å². The Morgan fingerprint density at radius 3 is 2.03 bits per heavy atom. The van der Waals surface area contributed by atoms with E-state index >= 15 is 0 Å². The average Bonchev–Trinajstić information content (AvgIpc) is 2.78. The Balaban J connectivity index is 1.70. The highest BCUT2D eigenvalue weighted by atomic mass is 32.2. The summed E-state index contributed by atoms with van der Waals surface area (Å²) < 4.78 is 10.4. The van der Waals surface area contributed by atoms with Crippen molar-refractivity contribution in [1.29, 1.82) is 0 Å². The van der Waals surface area contributed by atoms with Crippen LogP contribution in [0.3, 0.4) is 0 Å². The quantitative estimate of drug-likeness (QED) is 0.235. The molecule has 1 N–H and O–H groups in total. The Bertz CT molecular complexity index is 998. The van der Waals surface area contributed by atoms with Crippen molar-refractivity contribution in [3.05, 3.63) is 97.1 Å². The summed E-state index contributed by atoms with van der Waals surface area (Å²) in [6, 6.07) is 28.0. The fourth-order valence-electron chi connectivity index (χ4n) is 2.75. The topological polar surface area (TPSA) is 64.6 Å². The Labute approximate surface area is 185 Å². The summed E-state index contributed by atoms with van der Waals surface area (Å²) in [4.78, 5) is 26.9. The lowest BCUT2D eigenvalue weighted by molar-refractivity contribution is -0.138. The second kappa shape index (κ2) is 11.0. The van der Waals surface area contributed by atoms with Crippen molar-refractivity contribution < 1.29 is 19.1 Å². The monoisotopic (exact) mass is 434 g/mol. The van der Waals surface area contributed by atoms with Gasteiger partial charge in [0.2, 0.25) is 0 Å². The fraction of sp³-hybridized carbons (Fsp3) is 0.120. The number of hydrogen-bond donors (Lipinski definition) is 1. The van der Waals surface area contributed by atoms with E-state index in [1.807, 2.05) is 54.6 Å². The van der Waals surface area contributed by atoms with Gasteiger partial charge >= 0.3 is 12.1 Å². The van der Waals surface area contributed by atoms with E-state index in [0.29, 0.717) is 11.3 Å². The molecule has 0 spiro atoms. The van der Waals surface area contributed by atoms with Crippen molar-refractivity contribution in [1.82, 2.24) is 5.32 Å². The molecule has 0 aliphatic heterocycles. The summed E-state index contributed by atoms with van der Waals surface area (Å²) in [5.41, 5.74) is 0.312. The molecule has 1 amide bonds. The Morgan fingerprint density at radius 2 is 1.45 bits per heavy atom. The third kappa shape index (κ3) is 6.49. The minimum atomic E-state index is -0.608. The Morgan fingerprint density at radius 1 is 0.871 bits per heavy atom. The van der Waals surface area contributed by atoms with E-state index in [4.69, 9.17) is 9.47 Å². The molecule has 31 heavy (non-hydrogen) atoms. The first kappa shape index (κ1) is 22.2. The summed E-state index contributed by atoms with van der Waals surface area (Å²) in [6.07, 6.45) is -0.608. The zero-order valence-corrected chi connectivity index (χ0v) is 18.1. The van der Waals surface area contributed by atoms with Crippen LogP contribution in [0.4, 0.5) is 4.79 Å². The number of ether oxygens (including phenoxy) is 2. The molecule has 6 heteroatoms. The maximum atomic E-state index is 12.1. The van der Waals surface area contributed by atoms with Crippen LogP contribution in [-0.4, -0.2) is 25.2 Å². The van der Waals surface area contributed by atoms with Gasteiger partial charge < -0.3 is 14.8 Å². The lowest BCUT2D eigenvalue weighted by Gasteiger charge is -2.10. The Hall–Kier alpha value is -3.51. The predicted octanol–water partition coefficient (Wildman–Crippen LogP) is 4.99. The number of esters is 1. The van der Waals surface area contributed by atoms with Gasteiger partial charge in [0.1, 0.15) is 12.4 Å². The van der Waals surface area contributed by atoms with Crippen LogP contribution in [0, 0.1) is 0 Å². The summed E-state index contributed by atoms with van der Waals surface area (Å²) in [6.45, 7) is 5.27. The van der Waals surface area contributed by atoms with Crippen molar-refractivity contribution in [2.24, 2.45) is 0 Å². The largest absolute Gasteiger partial charge is 0.460 e. The van der Waals surface area contributed by atoms with E-state index in [1.54, 1.807) is 13.0 Å². The molecule has 0 bridgehead atoms. The molecule has 0 aromatic heterocycles. The summed E-state index contributed by atoms with van der Waals surface area (Å²) in [7, 11) is -0.334. The van der Waals surface area contributed by atoms with Crippen LogP contribution < -0.4 is 10.1 Å². The molecule has 0 saturated carbocycles. The molecule has 3 rings (SSSR count). The molecule has 5 nitrogen and oxygen atoms in total. The third-order valence-corrected chi connectivity index (χ3v) is 6.38. The van der Waals surface area contributed by atoms with Gasteiger partial charge in [-0.3, -0.25) is 0 Å². The maximum absolute atomic E-state index is 12.1. The number of rotatable bonds is 8. The normalized spacial score (nSPS) is 10.4. The number of carbonyl (C=O) groups is 2. The first-order chi connectivity index (χ1) is 15.0. The fourth-order valence-corrected chi connectivity index (χ4v) is 4.87. The van der Waals surface area contributed by atoms with Crippen LogP contribution in [0.5, 0.6) is 5.75 Å². The Kier molecular flexibility index (Phi) is 7.90. The molecule has 158 valence electrons. The first-order valence-corrected chi connectivity index (χ1v) is 11.0. The third-order valence-electron chi connectivity index (χ3n) is 4.16. The molecule has 0 saturated heterocycles. The molecule has 0 unspecified atom stereocenters. The number of hydrogen-bond acceptors (Lipinski definition) is 4. The van der Waals surface area contributed by atoms with E-state index in [9.17, 15) is 9.59 Å². The van der Waals surface area contributed by atoms with Gasteiger partial charge in [-0.05, 0) is 43.3 Å². The van der Waals surface area contributed by atoms with Crippen LogP contribution in [-0.2, 0) is 20.4 Å². The van der Waals surface area contributed by atoms with Gasteiger partial charge in [-0.25, -0.2) is 9.59 Å².